The highest BCUT2D eigenvalue weighted by Gasteiger charge is 2.35. The minimum absolute atomic E-state index is 0.105. The van der Waals surface area contributed by atoms with Crippen molar-refractivity contribution in [3.05, 3.63) is 75.8 Å². The van der Waals surface area contributed by atoms with E-state index in [1.807, 2.05) is 0 Å². The van der Waals surface area contributed by atoms with E-state index in [1.165, 1.54) is 15.4 Å². The number of fused-ring (bicyclic) bond motifs is 2. The molecule has 1 aliphatic heterocycles. The number of benzene rings is 1. The highest BCUT2D eigenvalue weighted by Crippen LogP contribution is 2.23. The molecule has 0 bridgehead atoms. The largest absolute Gasteiger partial charge is 0.342 e. The monoisotopic (exact) mass is 293 g/mol. The number of nitrogens with one attached hydrogen (secondary N) is 1. The van der Waals surface area contributed by atoms with Gasteiger partial charge >= 0.3 is 0 Å². The standard InChI is InChI=1S/C16H11N3O3/c20-14-7-3-6-13-17-10(8-18(13)14)9-19-15(21)11-4-1-2-5-12(11)16(19)22/h1-8,17H,9H2. The van der Waals surface area contributed by atoms with Gasteiger partial charge in [0.2, 0.25) is 0 Å². The number of carbonyl (C=O) groups is 2. The van der Waals surface area contributed by atoms with Gasteiger partial charge in [-0.25, -0.2) is 0 Å². The molecular weight excluding hydrogens is 282 g/mol. The Kier molecular flexibility index (Phi) is 2.53. The average molecular weight is 293 g/mol. The number of nitrogens with zero attached hydrogens (tertiary/aromatic N) is 2. The summed E-state index contributed by atoms with van der Waals surface area (Å²) in [6.07, 6.45) is 1.61. The molecule has 3 heterocycles. The summed E-state index contributed by atoms with van der Waals surface area (Å²) in [7, 11) is 0. The molecule has 3 aromatic rings. The fourth-order valence-corrected chi connectivity index (χ4v) is 2.72. The first-order valence-corrected chi connectivity index (χ1v) is 6.79. The zero-order valence-corrected chi connectivity index (χ0v) is 11.4. The molecule has 1 aliphatic rings. The van der Waals surface area contributed by atoms with Crippen molar-refractivity contribution < 1.29 is 9.59 Å². The summed E-state index contributed by atoms with van der Waals surface area (Å²) >= 11 is 0. The van der Waals surface area contributed by atoms with Gasteiger partial charge in [0.05, 0.1) is 23.4 Å². The first-order valence-electron chi connectivity index (χ1n) is 6.79. The van der Waals surface area contributed by atoms with Gasteiger partial charge < -0.3 is 4.98 Å². The third-order valence-corrected chi connectivity index (χ3v) is 3.77. The maximum Gasteiger partial charge on any atom is 0.261 e. The van der Waals surface area contributed by atoms with E-state index >= 15 is 0 Å². The van der Waals surface area contributed by atoms with Crippen LogP contribution in [0.25, 0.3) is 5.65 Å². The smallest absolute Gasteiger partial charge is 0.261 e. The van der Waals surface area contributed by atoms with Crippen LogP contribution >= 0.6 is 0 Å². The topological polar surface area (TPSA) is 74.7 Å². The summed E-state index contributed by atoms with van der Waals surface area (Å²) in [4.78, 5) is 40.6. The lowest BCUT2D eigenvalue weighted by atomic mass is 10.1. The van der Waals surface area contributed by atoms with E-state index in [0.717, 1.165) is 0 Å². The van der Waals surface area contributed by atoms with E-state index in [2.05, 4.69) is 4.98 Å². The second-order valence-corrected chi connectivity index (χ2v) is 5.14. The van der Waals surface area contributed by atoms with Crippen LogP contribution in [0.3, 0.4) is 0 Å². The first kappa shape index (κ1) is 12.6. The fourth-order valence-electron chi connectivity index (χ4n) is 2.72. The van der Waals surface area contributed by atoms with Crippen molar-refractivity contribution in [1.82, 2.24) is 14.3 Å². The van der Waals surface area contributed by atoms with Gasteiger partial charge in [0, 0.05) is 12.3 Å². The van der Waals surface area contributed by atoms with Crippen molar-refractivity contribution >= 4 is 17.5 Å². The molecule has 22 heavy (non-hydrogen) atoms. The number of imidazole rings is 1. The molecule has 0 spiro atoms. The second-order valence-electron chi connectivity index (χ2n) is 5.14. The maximum absolute atomic E-state index is 12.3. The van der Waals surface area contributed by atoms with Crippen molar-refractivity contribution in [1.29, 1.82) is 0 Å². The Hall–Kier alpha value is -3.15. The number of aromatic nitrogens is 2. The van der Waals surface area contributed by atoms with E-state index < -0.39 is 0 Å². The predicted octanol–water partition coefficient (Wildman–Crippen LogP) is 1.42. The van der Waals surface area contributed by atoms with Gasteiger partial charge in [-0.3, -0.25) is 23.7 Å². The molecule has 0 radical (unpaired) electrons. The summed E-state index contributed by atoms with van der Waals surface area (Å²) in [6.45, 7) is 0.105. The zero-order valence-electron chi connectivity index (χ0n) is 11.4. The van der Waals surface area contributed by atoms with Crippen molar-refractivity contribution in [2.75, 3.05) is 0 Å². The van der Waals surface area contributed by atoms with Crippen LogP contribution in [0.15, 0.2) is 53.5 Å². The molecule has 4 rings (SSSR count). The van der Waals surface area contributed by atoms with Crippen molar-refractivity contribution in [2.45, 2.75) is 6.54 Å². The molecule has 0 unspecified atom stereocenters. The lowest BCUT2D eigenvalue weighted by molar-refractivity contribution is 0.0640. The van der Waals surface area contributed by atoms with Crippen LogP contribution < -0.4 is 5.56 Å². The van der Waals surface area contributed by atoms with Gasteiger partial charge in [0.1, 0.15) is 5.65 Å². The Bertz CT molecular complexity index is 948. The Balaban J connectivity index is 1.72. The predicted molar refractivity (Wildman–Crippen MR) is 78.7 cm³/mol. The van der Waals surface area contributed by atoms with E-state index in [0.29, 0.717) is 22.5 Å². The molecule has 0 fully saturated rings. The van der Waals surface area contributed by atoms with Crippen LogP contribution in [0.2, 0.25) is 0 Å². The Morgan fingerprint density at radius 1 is 0.864 bits per heavy atom. The highest BCUT2D eigenvalue weighted by molar-refractivity contribution is 6.21. The van der Waals surface area contributed by atoms with Crippen molar-refractivity contribution in [2.24, 2.45) is 0 Å². The summed E-state index contributed by atoms with van der Waals surface area (Å²) in [5, 5.41) is 0. The highest BCUT2D eigenvalue weighted by atomic mass is 16.2. The first-order chi connectivity index (χ1) is 10.6. The number of hydrogen-bond acceptors (Lipinski definition) is 3. The molecule has 6 heteroatoms. The van der Waals surface area contributed by atoms with Gasteiger partial charge in [0.25, 0.3) is 17.4 Å². The SMILES string of the molecule is O=C1c2ccccc2C(=O)N1Cc1cn2c(=O)cccc2[nH]1. The number of imide groups is 1. The molecular formula is C16H11N3O3. The molecule has 1 N–H and O–H groups in total. The molecule has 1 aromatic carbocycles. The Morgan fingerprint density at radius 2 is 1.55 bits per heavy atom. The molecule has 6 nitrogen and oxygen atoms in total. The molecule has 0 saturated heterocycles. The second kappa shape index (κ2) is 4.42. The number of pyridine rings is 1. The molecule has 0 atom stereocenters. The van der Waals surface area contributed by atoms with Gasteiger partial charge in [0.15, 0.2) is 0 Å². The molecule has 2 aromatic heterocycles. The van der Waals surface area contributed by atoms with Crippen LogP contribution in [-0.4, -0.2) is 26.1 Å². The molecule has 108 valence electrons. The summed E-state index contributed by atoms with van der Waals surface area (Å²) < 4.78 is 1.45. The number of rotatable bonds is 2. The number of carbonyl (C=O) groups excluding carboxylic acids is 2. The molecule has 2 amide bonds. The van der Waals surface area contributed by atoms with Crippen LogP contribution in [0, 0.1) is 0 Å². The Labute approximate surface area is 124 Å². The number of H-pyrrole nitrogens is 1. The van der Waals surface area contributed by atoms with Crippen LogP contribution in [0.4, 0.5) is 0 Å². The van der Waals surface area contributed by atoms with Crippen molar-refractivity contribution in [3.8, 4) is 0 Å². The minimum atomic E-state index is -0.313. The lowest BCUT2D eigenvalue weighted by Crippen LogP contribution is -2.29. The summed E-state index contributed by atoms with van der Waals surface area (Å²) in [6, 6.07) is 11.6. The zero-order chi connectivity index (χ0) is 15.3. The molecule has 0 saturated carbocycles. The number of aromatic amines is 1. The number of amides is 2. The maximum atomic E-state index is 12.3. The van der Waals surface area contributed by atoms with Gasteiger partial charge in [-0.15, -0.1) is 0 Å². The quantitative estimate of drug-likeness (QED) is 0.726. The van der Waals surface area contributed by atoms with Gasteiger partial charge in [-0.05, 0) is 18.2 Å². The summed E-state index contributed by atoms with van der Waals surface area (Å²) in [5.41, 5.74) is 1.92. The van der Waals surface area contributed by atoms with Crippen LogP contribution in [-0.2, 0) is 6.54 Å². The van der Waals surface area contributed by atoms with Gasteiger partial charge in [-0.1, -0.05) is 18.2 Å². The molecule has 0 aliphatic carbocycles. The third-order valence-electron chi connectivity index (χ3n) is 3.77. The third kappa shape index (κ3) is 1.70. The minimum Gasteiger partial charge on any atom is -0.342 e. The van der Waals surface area contributed by atoms with E-state index in [1.54, 1.807) is 42.6 Å². The lowest BCUT2D eigenvalue weighted by Gasteiger charge is -2.11. The van der Waals surface area contributed by atoms with Crippen LogP contribution in [0.5, 0.6) is 0 Å². The number of hydrogen-bond donors (Lipinski definition) is 1. The van der Waals surface area contributed by atoms with Crippen molar-refractivity contribution in [3.63, 3.8) is 0 Å². The summed E-state index contributed by atoms with van der Waals surface area (Å²) in [5.74, 6) is -0.627. The Morgan fingerprint density at radius 3 is 2.18 bits per heavy atom. The van der Waals surface area contributed by atoms with Crippen LogP contribution in [0.1, 0.15) is 26.4 Å². The van der Waals surface area contributed by atoms with Gasteiger partial charge in [-0.2, -0.15) is 0 Å². The fraction of sp³-hybridized carbons (Fsp3) is 0.0625. The van der Waals surface area contributed by atoms with E-state index in [9.17, 15) is 14.4 Å². The normalized spacial score (nSPS) is 13.9. The van der Waals surface area contributed by atoms with E-state index in [4.69, 9.17) is 0 Å². The van der Waals surface area contributed by atoms with E-state index in [-0.39, 0.29) is 23.9 Å². The average Bonchev–Trinajstić information content (AvgIpc) is 3.04.